The van der Waals surface area contributed by atoms with Crippen molar-refractivity contribution in [3.05, 3.63) is 34.2 Å². The number of aromatic carboxylic acids is 1. The summed E-state index contributed by atoms with van der Waals surface area (Å²) < 4.78 is 13.0. The number of rotatable bonds is 3. The zero-order valence-electron chi connectivity index (χ0n) is 9.81. The number of carboxylic acids is 1. The highest BCUT2D eigenvalue weighted by atomic mass is 32.1. The van der Waals surface area contributed by atoms with Gasteiger partial charge in [-0.1, -0.05) is 0 Å². The Labute approximate surface area is 112 Å². The van der Waals surface area contributed by atoms with Crippen LogP contribution in [-0.2, 0) is 12.8 Å². The number of nitrogens with zero attached hydrogens (tertiary/aromatic N) is 2. The molecular formula is C12H10FN3O2S. The quantitative estimate of drug-likeness (QED) is 0.903. The maximum atomic E-state index is 13.0. The van der Waals surface area contributed by atoms with Gasteiger partial charge in [-0.25, -0.2) is 19.2 Å². The van der Waals surface area contributed by atoms with Crippen LogP contribution in [0.2, 0.25) is 0 Å². The van der Waals surface area contributed by atoms with Crippen LogP contribution in [0.3, 0.4) is 0 Å². The molecule has 0 spiro atoms. The van der Waals surface area contributed by atoms with Gasteiger partial charge in [0.1, 0.15) is 17.2 Å². The Morgan fingerprint density at radius 2 is 2.32 bits per heavy atom. The minimum Gasteiger partial charge on any atom is -0.478 e. The molecule has 0 atom stereocenters. The number of aromatic nitrogens is 2. The Balaban J connectivity index is 1.92. The third kappa shape index (κ3) is 2.28. The molecule has 2 aromatic rings. The van der Waals surface area contributed by atoms with E-state index in [1.807, 2.05) is 0 Å². The average molecular weight is 279 g/mol. The summed E-state index contributed by atoms with van der Waals surface area (Å²) in [6.45, 7) is 0. The monoisotopic (exact) mass is 279 g/mol. The highest BCUT2D eigenvalue weighted by molar-refractivity contribution is 7.15. The highest BCUT2D eigenvalue weighted by Crippen LogP contribution is 2.32. The first-order chi connectivity index (χ1) is 9.13. The van der Waals surface area contributed by atoms with E-state index in [0.29, 0.717) is 5.13 Å². The topological polar surface area (TPSA) is 75.1 Å². The Kier molecular flexibility index (Phi) is 2.90. The minimum atomic E-state index is -1.22. The zero-order valence-corrected chi connectivity index (χ0v) is 10.6. The molecule has 0 saturated carbocycles. The second-order valence-electron chi connectivity index (χ2n) is 4.22. The third-order valence-electron chi connectivity index (χ3n) is 2.91. The summed E-state index contributed by atoms with van der Waals surface area (Å²) in [4.78, 5) is 20.4. The molecule has 1 aliphatic carbocycles. The number of carboxylic acid groups (broad SMARTS) is 1. The van der Waals surface area contributed by atoms with Crippen molar-refractivity contribution >= 4 is 28.3 Å². The number of hydrogen-bond acceptors (Lipinski definition) is 5. The van der Waals surface area contributed by atoms with Gasteiger partial charge in [0.05, 0.1) is 11.9 Å². The van der Waals surface area contributed by atoms with Crippen LogP contribution in [0.25, 0.3) is 0 Å². The van der Waals surface area contributed by atoms with E-state index in [-0.39, 0.29) is 11.4 Å². The van der Waals surface area contributed by atoms with E-state index in [1.54, 1.807) is 0 Å². The number of thiazole rings is 1. The first-order valence-corrected chi connectivity index (χ1v) is 6.59. The Morgan fingerprint density at radius 3 is 3.05 bits per heavy atom. The van der Waals surface area contributed by atoms with E-state index in [9.17, 15) is 9.18 Å². The Morgan fingerprint density at radius 1 is 1.47 bits per heavy atom. The molecule has 0 aliphatic heterocycles. The van der Waals surface area contributed by atoms with Crippen LogP contribution >= 0.6 is 11.3 Å². The second-order valence-corrected chi connectivity index (χ2v) is 5.31. The first-order valence-electron chi connectivity index (χ1n) is 5.78. The largest absolute Gasteiger partial charge is 0.478 e. The molecule has 0 radical (unpaired) electrons. The van der Waals surface area contributed by atoms with Crippen LogP contribution in [0.1, 0.15) is 27.3 Å². The predicted molar refractivity (Wildman–Crippen MR) is 68.6 cm³/mol. The Hall–Kier alpha value is -2.02. The maximum absolute atomic E-state index is 13.0. The van der Waals surface area contributed by atoms with Crippen molar-refractivity contribution in [2.24, 2.45) is 0 Å². The molecule has 2 heterocycles. The summed E-state index contributed by atoms with van der Waals surface area (Å²) in [5.41, 5.74) is 0.863. The number of carbonyl (C=O) groups is 1. The van der Waals surface area contributed by atoms with Crippen molar-refractivity contribution in [3.8, 4) is 0 Å². The number of nitrogens with one attached hydrogen (secondary N) is 1. The van der Waals surface area contributed by atoms with Crippen molar-refractivity contribution in [1.29, 1.82) is 0 Å². The van der Waals surface area contributed by atoms with Crippen LogP contribution in [0.5, 0.6) is 0 Å². The fraction of sp³-hybridized carbons (Fsp3) is 0.250. The Bertz CT molecular complexity index is 635. The number of hydrogen-bond donors (Lipinski definition) is 2. The molecule has 19 heavy (non-hydrogen) atoms. The van der Waals surface area contributed by atoms with Gasteiger partial charge < -0.3 is 10.4 Å². The lowest BCUT2D eigenvalue weighted by Crippen LogP contribution is -2.05. The average Bonchev–Trinajstić information content (AvgIpc) is 2.91. The summed E-state index contributed by atoms with van der Waals surface area (Å²) in [6.07, 6.45) is 4.06. The van der Waals surface area contributed by atoms with Crippen LogP contribution in [0.4, 0.5) is 15.3 Å². The van der Waals surface area contributed by atoms with Crippen molar-refractivity contribution in [2.75, 3.05) is 5.32 Å². The van der Waals surface area contributed by atoms with Crippen molar-refractivity contribution in [2.45, 2.75) is 19.3 Å². The minimum absolute atomic E-state index is 0.112. The van der Waals surface area contributed by atoms with Crippen LogP contribution in [0, 0.1) is 5.82 Å². The number of aryl methyl sites for hydroxylation is 2. The molecule has 98 valence electrons. The van der Waals surface area contributed by atoms with E-state index in [1.165, 1.54) is 16.2 Å². The van der Waals surface area contributed by atoms with E-state index in [2.05, 4.69) is 15.3 Å². The fourth-order valence-electron chi connectivity index (χ4n) is 2.05. The summed E-state index contributed by atoms with van der Waals surface area (Å²) >= 11 is 1.49. The number of pyridine rings is 1. The van der Waals surface area contributed by atoms with Crippen LogP contribution < -0.4 is 5.32 Å². The lowest BCUT2D eigenvalue weighted by Gasteiger charge is -2.05. The molecule has 2 aromatic heterocycles. The fourth-order valence-corrected chi connectivity index (χ4v) is 3.10. The van der Waals surface area contributed by atoms with Gasteiger partial charge in [-0.05, 0) is 25.3 Å². The first kappa shape index (κ1) is 12.0. The number of anilines is 2. The molecule has 0 saturated heterocycles. The molecular weight excluding hydrogens is 269 g/mol. The van der Waals surface area contributed by atoms with E-state index >= 15 is 0 Å². The third-order valence-corrected chi connectivity index (χ3v) is 3.98. The second kappa shape index (κ2) is 4.58. The normalized spacial score (nSPS) is 13.3. The summed E-state index contributed by atoms with van der Waals surface area (Å²) in [5, 5.41) is 12.5. The van der Waals surface area contributed by atoms with Gasteiger partial charge in [0.15, 0.2) is 5.13 Å². The molecule has 0 unspecified atom stereocenters. The highest BCUT2D eigenvalue weighted by Gasteiger charge is 2.19. The van der Waals surface area contributed by atoms with Gasteiger partial charge >= 0.3 is 5.97 Å². The van der Waals surface area contributed by atoms with Crippen LogP contribution in [-0.4, -0.2) is 21.0 Å². The van der Waals surface area contributed by atoms with E-state index in [0.717, 1.165) is 37.2 Å². The van der Waals surface area contributed by atoms with Gasteiger partial charge in [-0.3, -0.25) is 0 Å². The van der Waals surface area contributed by atoms with Gasteiger partial charge in [-0.2, -0.15) is 0 Å². The molecule has 5 nitrogen and oxygen atoms in total. The summed E-state index contributed by atoms with van der Waals surface area (Å²) in [6, 6.07) is 0.943. The summed E-state index contributed by atoms with van der Waals surface area (Å²) in [5.74, 6) is -1.79. The molecule has 0 aromatic carbocycles. The lowest BCUT2D eigenvalue weighted by atomic mass is 10.2. The number of fused-ring (bicyclic) bond motifs is 1. The molecule has 0 fully saturated rings. The van der Waals surface area contributed by atoms with Crippen molar-refractivity contribution < 1.29 is 14.3 Å². The van der Waals surface area contributed by atoms with Gasteiger partial charge in [0, 0.05) is 4.88 Å². The maximum Gasteiger partial charge on any atom is 0.339 e. The molecule has 1 aliphatic rings. The SMILES string of the molecule is O=C(O)c1cc(F)cnc1Nc1nc2c(s1)CCC2. The van der Waals surface area contributed by atoms with Crippen LogP contribution in [0.15, 0.2) is 12.3 Å². The van der Waals surface area contributed by atoms with Crippen molar-refractivity contribution in [1.82, 2.24) is 9.97 Å². The molecule has 3 rings (SSSR count). The van der Waals surface area contributed by atoms with Gasteiger partial charge in [0.2, 0.25) is 0 Å². The van der Waals surface area contributed by atoms with Gasteiger partial charge in [-0.15, -0.1) is 11.3 Å². The van der Waals surface area contributed by atoms with E-state index < -0.39 is 11.8 Å². The molecule has 0 bridgehead atoms. The predicted octanol–water partition coefficient (Wildman–Crippen LogP) is 2.61. The standard InChI is InChI=1S/C12H10FN3O2S/c13-6-4-7(11(17)18)10(14-5-6)16-12-15-8-2-1-3-9(8)19-12/h4-5H,1-3H2,(H,17,18)(H,14,15,16). The van der Waals surface area contributed by atoms with Gasteiger partial charge in [0.25, 0.3) is 0 Å². The molecule has 2 N–H and O–H groups in total. The molecule has 0 amide bonds. The lowest BCUT2D eigenvalue weighted by molar-refractivity contribution is 0.0697. The zero-order chi connectivity index (χ0) is 13.4. The summed E-state index contributed by atoms with van der Waals surface area (Å²) in [7, 11) is 0. The smallest absolute Gasteiger partial charge is 0.339 e. The number of halogens is 1. The van der Waals surface area contributed by atoms with E-state index in [4.69, 9.17) is 5.11 Å². The molecule has 7 heteroatoms. The van der Waals surface area contributed by atoms with Crippen molar-refractivity contribution in [3.63, 3.8) is 0 Å².